The number of nitrogens with zero attached hydrogens (tertiary/aromatic N) is 1. The van der Waals surface area contributed by atoms with E-state index in [9.17, 15) is 15.0 Å². The SMILES string of the molecule is CC(=O)c1ccc(N2CCCC(O)C2)cc1O. The van der Waals surface area contributed by atoms with Gasteiger partial charge in [0.2, 0.25) is 0 Å². The number of hydrogen-bond acceptors (Lipinski definition) is 4. The maximum absolute atomic E-state index is 11.2. The molecule has 1 aromatic rings. The highest BCUT2D eigenvalue weighted by atomic mass is 16.3. The highest BCUT2D eigenvalue weighted by Crippen LogP contribution is 2.27. The Morgan fingerprint density at radius 3 is 2.82 bits per heavy atom. The lowest BCUT2D eigenvalue weighted by Crippen LogP contribution is -2.38. The van der Waals surface area contributed by atoms with Crippen LogP contribution in [-0.2, 0) is 0 Å². The second-order valence-electron chi connectivity index (χ2n) is 4.50. The lowest BCUT2D eigenvalue weighted by molar-refractivity contribution is 0.101. The first-order chi connectivity index (χ1) is 8.08. The van der Waals surface area contributed by atoms with Crippen LogP contribution < -0.4 is 4.90 Å². The Labute approximate surface area is 100 Å². The lowest BCUT2D eigenvalue weighted by Gasteiger charge is -2.32. The zero-order chi connectivity index (χ0) is 12.4. The summed E-state index contributed by atoms with van der Waals surface area (Å²) in [6.45, 7) is 2.88. The number of piperidine rings is 1. The minimum Gasteiger partial charge on any atom is -0.507 e. The summed E-state index contributed by atoms with van der Waals surface area (Å²) in [7, 11) is 0. The fourth-order valence-electron chi connectivity index (χ4n) is 2.20. The van der Waals surface area contributed by atoms with Gasteiger partial charge in [0.05, 0.1) is 11.7 Å². The third-order valence-electron chi connectivity index (χ3n) is 3.12. The van der Waals surface area contributed by atoms with Gasteiger partial charge in [-0.15, -0.1) is 0 Å². The molecular formula is C13H17NO3. The van der Waals surface area contributed by atoms with Gasteiger partial charge in [-0.2, -0.15) is 0 Å². The fourth-order valence-corrected chi connectivity index (χ4v) is 2.20. The van der Waals surface area contributed by atoms with Crippen LogP contribution in [0.25, 0.3) is 0 Å². The number of β-amino-alcohol motifs (C(OH)–C–C–N with tert-alkyl or cyclic N) is 1. The maximum Gasteiger partial charge on any atom is 0.163 e. The van der Waals surface area contributed by atoms with Gasteiger partial charge in [0.15, 0.2) is 5.78 Å². The van der Waals surface area contributed by atoms with E-state index < -0.39 is 0 Å². The number of ketones is 1. The Kier molecular flexibility index (Phi) is 3.33. The third kappa shape index (κ3) is 2.58. The van der Waals surface area contributed by atoms with Crippen molar-refractivity contribution in [2.75, 3.05) is 18.0 Å². The van der Waals surface area contributed by atoms with E-state index in [2.05, 4.69) is 0 Å². The summed E-state index contributed by atoms with van der Waals surface area (Å²) in [6.07, 6.45) is 1.46. The quantitative estimate of drug-likeness (QED) is 0.764. The summed E-state index contributed by atoms with van der Waals surface area (Å²) >= 11 is 0. The molecule has 1 fully saturated rings. The van der Waals surface area contributed by atoms with E-state index in [1.54, 1.807) is 12.1 Å². The molecule has 1 atom stereocenters. The normalized spacial score (nSPS) is 20.4. The van der Waals surface area contributed by atoms with Crippen LogP contribution in [0.15, 0.2) is 18.2 Å². The van der Waals surface area contributed by atoms with E-state index in [1.165, 1.54) is 6.92 Å². The average molecular weight is 235 g/mol. The predicted molar refractivity (Wildman–Crippen MR) is 65.6 cm³/mol. The molecule has 0 saturated carbocycles. The van der Waals surface area contributed by atoms with Crippen LogP contribution in [0.2, 0.25) is 0 Å². The summed E-state index contributed by atoms with van der Waals surface area (Å²) < 4.78 is 0. The van der Waals surface area contributed by atoms with Crippen molar-refractivity contribution in [2.45, 2.75) is 25.9 Å². The molecule has 1 aliphatic rings. The minimum absolute atomic E-state index is 0.00932. The molecule has 1 unspecified atom stereocenters. The number of anilines is 1. The van der Waals surface area contributed by atoms with E-state index in [1.807, 2.05) is 11.0 Å². The van der Waals surface area contributed by atoms with Gasteiger partial charge >= 0.3 is 0 Å². The first-order valence-corrected chi connectivity index (χ1v) is 5.85. The first kappa shape index (κ1) is 11.9. The van der Waals surface area contributed by atoms with E-state index in [4.69, 9.17) is 0 Å². The highest BCUT2D eigenvalue weighted by Gasteiger charge is 2.19. The van der Waals surface area contributed by atoms with Crippen LogP contribution >= 0.6 is 0 Å². The molecule has 2 rings (SSSR count). The largest absolute Gasteiger partial charge is 0.507 e. The lowest BCUT2D eigenvalue weighted by atomic mass is 10.1. The molecule has 2 N–H and O–H groups in total. The van der Waals surface area contributed by atoms with Crippen molar-refractivity contribution in [3.05, 3.63) is 23.8 Å². The standard InChI is InChI=1S/C13H17NO3/c1-9(15)12-5-4-10(7-13(12)17)14-6-2-3-11(16)8-14/h4-5,7,11,16-17H,2-3,6,8H2,1H3. The minimum atomic E-state index is -0.307. The third-order valence-corrected chi connectivity index (χ3v) is 3.12. The second kappa shape index (κ2) is 4.75. The number of aromatic hydroxyl groups is 1. The van der Waals surface area contributed by atoms with E-state index in [0.717, 1.165) is 25.1 Å². The maximum atomic E-state index is 11.2. The van der Waals surface area contributed by atoms with Gasteiger partial charge in [0, 0.05) is 24.8 Å². The summed E-state index contributed by atoms with van der Waals surface area (Å²) in [5.74, 6) is -0.136. The van der Waals surface area contributed by atoms with E-state index >= 15 is 0 Å². The average Bonchev–Trinajstić information content (AvgIpc) is 2.28. The van der Waals surface area contributed by atoms with Crippen LogP contribution in [0.1, 0.15) is 30.1 Å². The Balaban J connectivity index is 2.22. The number of phenolic OH excluding ortho intramolecular Hbond substituents is 1. The van der Waals surface area contributed by atoms with Crippen molar-refractivity contribution >= 4 is 11.5 Å². The van der Waals surface area contributed by atoms with Crippen molar-refractivity contribution in [1.82, 2.24) is 0 Å². The number of carbonyl (C=O) groups is 1. The second-order valence-corrected chi connectivity index (χ2v) is 4.50. The number of carbonyl (C=O) groups excluding carboxylic acids is 1. The molecule has 0 radical (unpaired) electrons. The van der Waals surface area contributed by atoms with Gasteiger partial charge in [0.25, 0.3) is 0 Å². The molecule has 1 aliphatic heterocycles. The van der Waals surface area contributed by atoms with Crippen LogP contribution in [0, 0.1) is 0 Å². The smallest absolute Gasteiger partial charge is 0.163 e. The molecule has 4 heteroatoms. The van der Waals surface area contributed by atoms with Gasteiger partial charge in [-0.3, -0.25) is 4.79 Å². The molecule has 1 heterocycles. The molecule has 0 spiro atoms. The zero-order valence-corrected chi connectivity index (χ0v) is 9.89. The Bertz CT molecular complexity index is 431. The van der Waals surface area contributed by atoms with Gasteiger partial charge < -0.3 is 15.1 Å². The molecule has 1 saturated heterocycles. The highest BCUT2D eigenvalue weighted by molar-refractivity contribution is 5.97. The van der Waals surface area contributed by atoms with Crippen molar-refractivity contribution in [3.63, 3.8) is 0 Å². The van der Waals surface area contributed by atoms with Crippen LogP contribution in [0.5, 0.6) is 5.75 Å². The predicted octanol–water partition coefficient (Wildman–Crippen LogP) is 1.56. The van der Waals surface area contributed by atoms with Gasteiger partial charge in [-0.05, 0) is 31.9 Å². The van der Waals surface area contributed by atoms with E-state index in [0.29, 0.717) is 12.1 Å². The Morgan fingerprint density at radius 1 is 1.47 bits per heavy atom. The van der Waals surface area contributed by atoms with Gasteiger partial charge in [-0.25, -0.2) is 0 Å². The Morgan fingerprint density at radius 2 is 2.24 bits per heavy atom. The summed E-state index contributed by atoms with van der Waals surface area (Å²) in [5, 5.41) is 19.3. The number of benzene rings is 1. The number of phenols is 1. The molecule has 0 bridgehead atoms. The van der Waals surface area contributed by atoms with Crippen molar-refractivity contribution in [3.8, 4) is 5.75 Å². The van der Waals surface area contributed by atoms with Crippen LogP contribution in [-0.4, -0.2) is 35.2 Å². The van der Waals surface area contributed by atoms with Gasteiger partial charge in [0.1, 0.15) is 5.75 Å². The summed E-state index contributed by atoms with van der Waals surface area (Å²) in [5.41, 5.74) is 1.19. The zero-order valence-electron chi connectivity index (χ0n) is 9.89. The van der Waals surface area contributed by atoms with Crippen LogP contribution in [0.3, 0.4) is 0 Å². The molecule has 0 aromatic heterocycles. The molecule has 92 valence electrons. The van der Waals surface area contributed by atoms with Crippen molar-refractivity contribution in [2.24, 2.45) is 0 Å². The summed E-state index contributed by atoms with van der Waals surface area (Å²) in [6, 6.07) is 5.04. The van der Waals surface area contributed by atoms with Crippen molar-refractivity contribution in [1.29, 1.82) is 0 Å². The fraction of sp³-hybridized carbons (Fsp3) is 0.462. The molecular weight excluding hydrogens is 218 g/mol. The first-order valence-electron chi connectivity index (χ1n) is 5.85. The molecule has 17 heavy (non-hydrogen) atoms. The number of hydrogen-bond donors (Lipinski definition) is 2. The summed E-state index contributed by atoms with van der Waals surface area (Å²) in [4.78, 5) is 13.2. The number of Topliss-reactive ketones (excluding diaryl/α,β-unsaturated/α-hetero) is 1. The number of rotatable bonds is 2. The van der Waals surface area contributed by atoms with Gasteiger partial charge in [-0.1, -0.05) is 0 Å². The number of aliphatic hydroxyl groups is 1. The van der Waals surface area contributed by atoms with Crippen LogP contribution in [0.4, 0.5) is 5.69 Å². The molecule has 1 aromatic carbocycles. The Hall–Kier alpha value is -1.55. The molecule has 0 amide bonds. The number of aliphatic hydroxyl groups excluding tert-OH is 1. The molecule has 4 nitrogen and oxygen atoms in total. The monoisotopic (exact) mass is 235 g/mol. The topological polar surface area (TPSA) is 60.8 Å². The van der Waals surface area contributed by atoms with Crippen molar-refractivity contribution < 1.29 is 15.0 Å². The van der Waals surface area contributed by atoms with E-state index in [-0.39, 0.29) is 17.6 Å². The molecule has 0 aliphatic carbocycles.